The molecule has 0 aliphatic heterocycles. The third-order valence-electron chi connectivity index (χ3n) is 3.08. The van der Waals surface area contributed by atoms with Gasteiger partial charge in [0.2, 0.25) is 0 Å². The Morgan fingerprint density at radius 3 is 2.24 bits per heavy atom. The Morgan fingerprint density at radius 1 is 1.24 bits per heavy atom. The first-order valence-electron chi connectivity index (χ1n) is 5.46. The van der Waals surface area contributed by atoms with Crippen LogP contribution >= 0.6 is 0 Å². The molecule has 1 aromatic rings. The van der Waals surface area contributed by atoms with Crippen LogP contribution in [0.25, 0.3) is 0 Å². The first-order chi connectivity index (χ1) is 7.92. The second-order valence-corrected chi connectivity index (χ2v) is 4.40. The van der Waals surface area contributed by atoms with Crippen LogP contribution in [0, 0.1) is 0 Å². The third-order valence-corrected chi connectivity index (χ3v) is 3.08. The molecule has 0 unspecified atom stereocenters. The lowest BCUT2D eigenvalue weighted by Crippen LogP contribution is -2.29. The van der Waals surface area contributed by atoms with Crippen molar-refractivity contribution in [2.45, 2.75) is 31.2 Å². The Hall–Kier alpha value is -1.23. The van der Waals surface area contributed by atoms with E-state index in [-0.39, 0.29) is 11.3 Å². The highest BCUT2D eigenvalue weighted by atomic mass is 19.4. The molecule has 2 nitrogen and oxygen atoms in total. The predicted molar refractivity (Wildman–Crippen MR) is 57.9 cm³/mol. The number of hydrogen-bond donors (Lipinski definition) is 1. The van der Waals surface area contributed by atoms with Crippen LogP contribution in [0.5, 0.6) is 5.75 Å². The first-order valence-corrected chi connectivity index (χ1v) is 5.46. The molecule has 1 aliphatic carbocycles. The third kappa shape index (κ3) is 3.36. The van der Waals surface area contributed by atoms with E-state index < -0.39 is 6.36 Å². The lowest BCUT2D eigenvalue weighted by atomic mass is 10.0. The number of nitrogens with one attached hydrogen (secondary N) is 1. The van der Waals surface area contributed by atoms with Gasteiger partial charge in [0.25, 0.3) is 0 Å². The molecule has 1 aliphatic rings. The number of likely N-dealkylation sites (N-methyl/N-ethyl adjacent to an activating group) is 1. The van der Waals surface area contributed by atoms with Gasteiger partial charge in [-0.2, -0.15) is 0 Å². The number of rotatable bonds is 4. The topological polar surface area (TPSA) is 21.3 Å². The number of halogens is 3. The molecule has 0 heterocycles. The molecule has 2 rings (SSSR count). The summed E-state index contributed by atoms with van der Waals surface area (Å²) < 4.78 is 39.6. The van der Waals surface area contributed by atoms with Crippen LogP contribution in [-0.4, -0.2) is 18.9 Å². The summed E-state index contributed by atoms with van der Waals surface area (Å²) in [6.07, 6.45) is -1.55. The Morgan fingerprint density at radius 2 is 1.82 bits per heavy atom. The standard InChI is InChI=1S/C12H14F3NO/c1-16-11(6-7-11)8-9-2-4-10(5-3-9)17-12(13,14)15/h2-5,16H,6-8H2,1H3. The fraction of sp³-hybridized carbons (Fsp3) is 0.500. The van der Waals surface area contributed by atoms with Crippen molar-refractivity contribution in [1.29, 1.82) is 0 Å². The Balaban J connectivity index is 1.98. The zero-order valence-electron chi connectivity index (χ0n) is 9.47. The van der Waals surface area contributed by atoms with Gasteiger partial charge in [-0.1, -0.05) is 12.1 Å². The summed E-state index contributed by atoms with van der Waals surface area (Å²) in [5.41, 5.74) is 1.18. The van der Waals surface area contributed by atoms with E-state index >= 15 is 0 Å². The van der Waals surface area contributed by atoms with E-state index in [1.165, 1.54) is 12.1 Å². The molecule has 94 valence electrons. The molecule has 1 fully saturated rings. The van der Waals surface area contributed by atoms with E-state index in [0.29, 0.717) is 0 Å². The average Bonchev–Trinajstić information content (AvgIpc) is 3.00. The molecule has 1 aromatic carbocycles. The molecule has 1 N–H and O–H groups in total. The van der Waals surface area contributed by atoms with Crippen molar-refractivity contribution in [2.24, 2.45) is 0 Å². The highest BCUT2D eigenvalue weighted by Gasteiger charge is 2.40. The van der Waals surface area contributed by atoms with Crippen LogP contribution in [0.4, 0.5) is 13.2 Å². The number of alkyl halides is 3. The highest BCUT2D eigenvalue weighted by molar-refractivity contribution is 5.29. The van der Waals surface area contributed by atoms with Crippen molar-refractivity contribution >= 4 is 0 Å². The van der Waals surface area contributed by atoms with E-state index in [9.17, 15) is 13.2 Å². The van der Waals surface area contributed by atoms with E-state index in [1.54, 1.807) is 12.1 Å². The van der Waals surface area contributed by atoms with Gasteiger partial charge in [-0.3, -0.25) is 0 Å². The van der Waals surface area contributed by atoms with Gasteiger partial charge < -0.3 is 10.1 Å². The van der Waals surface area contributed by atoms with Crippen LogP contribution in [0.3, 0.4) is 0 Å². The maximum Gasteiger partial charge on any atom is 0.573 e. The minimum atomic E-state index is -4.62. The second kappa shape index (κ2) is 4.22. The molecule has 0 saturated heterocycles. The molecule has 17 heavy (non-hydrogen) atoms. The summed E-state index contributed by atoms with van der Waals surface area (Å²) in [5.74, 6) is -0.171. The lowest BCUT2D eigenvalue weighted by Gasteiger charge is -2.14. The Kier molecular flexibility index (Phi) is 3.03. The minimum absolute atomic E-state index is 0.159. The molecule has 0 atom stereocenters. The molecule has 5 heteroatoms. The zero-order valence-corrected chi connectivity index (χ0v) is 9.47. The van der Waals surface area contributed by atoms with Gasteiger partial charge in [0.05, 0.1) is 0 Å². The summed E-state index contributed by atoms with van der Waals surface area (Å²) in [6, 6.07) is 6.07. The molecule has 0 radical (unpaired) electrons. The van der Waals surface area contributed by atoms with Crippen LogP contribution in [0.1, 0.15) is 18.4 Å². The Labute approximate surface area is 97.8 Å². The maximum atomic E-state index is 11.9. The number of hydrogen-bond acceptors (Lipinski definition) is 2. The van der Waals surface area contributed by atoms with Crippen LogP contribution in [0.15, 0.2) is 24.3 Å². The maximum absolute atomic E-state index is 11.9. The smallest absolute Gasteiger partial charge is 0.406 e. The van der Waals surface area contributed by atoms with Crippen molar-refractivity contribution in [1.82, 2.24) is 5.32 Å². The van der Waals surface area contributed by atoms with Gasteiger partial charge in [0.15, 0.2) is 0 Å². The largest absolute Gasteiger partial charge is 0.573 e. The fourth-order valence-corrected chi connectivity index (χ4v) is 1.87. The van der Waals surface area contributed by atoms with Gasteiger partial charge in [0.1, 0.15) is 5.75 Å². The van der Waals surface area contributed by atoms with Crippen LogP contribution in [-0.2, 0) is 6.42 Å². The molecular formula is C12H14F3NO. The minimum Gasteiger partial charge on any atom is -0.406 e. The van der Waals surface area contributed by atoms with Gasteiger partial charge in [-0.05, 0) is 44.0 Å². The molecule has 0 bridgehead atoms. The molecule has 0 spiro atoms. The van der Waals surface area contributed by atoms with Crippen molar-refractivity contribution in [3.63, 3.8) is 0 Å². The molecule has 1 saturated carbocycles. The van der Waals surface area contributed by atoms with Crippen LogP contribution in [0.2, 0.25) is 0 Å². The number of benzene rings is 1. The number of ether oxygens (including phenoxy) is 1. The summed E-state index contributed by atoms with van der Waals surface area (Å²) in [5, 5.41) is 3.24. The second-order valence-electron chi connectivity index (χ2n) is 4.40. The normalized spacial score (nSPS) is 17.9. The lowest BCUT2D eigenvalue weighted by molar-refractivity contribution is -0.274. The van der Waals surface area contributed by atoms with Gasteiger partial charge in [-0.15, -0.1) is 13.2 Å². The average molecular weight is 245 g/mol. The van der Waals surface area contributed by atoms with E-state index in [4.69, 9.17) is 0 Å². The van der Waals surface area contributed by atoms with Crippen molar-refractivity contribution < 1.29 is 17.9 Å². The van der Waals surface area contributed by atoms with E-state index in [2.05, 4.69) is 10.1 Å². The first kappa shape index (κ1) is 12.2. The SMILES string of the molecule is CNC1(Cc2ccc(OC(F)(F)F)cc2)CC1. The summed E-state index contributed by atoms with van der Waals surface area (Å²) >= 11 is 0. The summed E-state index contributed by atoms with van der Waals surface area (Å²) in [6.45, 7) is 0. The predicted octanol–water partition coefficient (Wildman–Crippen LogP) is 2.88. The van der Waals surface area contributed by atoms with Crippen molar-refractivity contribution in [3.05, 3.63) is 29.8 Å². The molecule has 0 aromatic heterocycles. The van der Waals surface area contributed by atoms with Gasteiger partial charge in [0, 0.05) is 5.54 Å². The summed E-state index contributed by atoms with van der Waals surface area (Å²) in [7, 11) is 1.91. The molecule has 0 amide bonds. The van der Waals surface area contributed by atoms with E-state index in [1.807, 2.05) is 7.05 Å². The van der Waals surface area contributed by atoms with Crippen LogP contribution < -0.4 is 10.1 Å². The van der Waals surface area contributed by atoms with Crippen molar-refractivity contribution in [3.8, 4) is 5.75 Å². The van der Waals surface area contributed by atoms with E-state index in [0.717, 1.165) is 24.8 Å². The molecular weight excluding hydrogens is 231 g/mol. The highest BCUT2D eigenvalue weighted by Crippen LogP contribution is 2.38. The Bertz CT molecular complexity index is 382. The summed E-state index contributed by atoms with van der Waals surface area (Å²) in [4.78, 5) is 0. The van der Waals surface area contributed by atoms with Crippen molar-refractivity contribution in [2.75, 3.05) is 7.05 Å². The van der Waals surface area contributed by atoms with Gasteiger partial charge >= 0.3 is 6.36 Å². The quantitative estimate of drug-likeness (QED) is 0.880. The fourth-order valence-electron chi connectivity index (χ4n) is 1.87. The zero-order chi connectivity index (χ0) is 12.5. The monoisotopic (exact) mass is 245 g/mol. The van der Waals surface area contributed by atoms with Gasteiger partial charge in [-0.25, -0.2) is 0 Å².